The van der Waals surface area contributed by atoms with Crippen LogP contribution in [0, 0.1) is 9.40 Å². The monoisotopic (exact) mass is 354 g/mol. The first-order chi connectivity index (χ1) is 5.58. The molecule has 0 nitrogen and oxygen atoms in total. The molecule has 62 valence electrons. The summed E-state index contributed by atoms with van der Waals surface area (Å²) >= 11 is -1.98. The minimum atomic E-state index is -1.98. The average Bonchev–Trinajstić information content (AvgIpc) is 2.02. The Bertz CT molecular complexity index is 295. The molecule has 1 rings (SSSR count). The summed E-state index contributed by atoms with van der Waals surface area (Å²) in [6.07, 6.45) is 0. The molecule has 0 aliphatic carbocycles. The summed E-state index contributed by atoms with van der Waals surface area (Å²) in [5.74, 6) is 3.23. The Morgan fingerprint density at radius 2 is 1.58 bits per heavy atom. The van der Waals surface area contributed by atoms with Crippen LogP contribution in [0.4, 0.5) is 0 Å². The number of benzene rings is 1. The number of hydrogen-bond acceptors (Lipinski definition) is 0. The van der Waals surface area contributed by atoms with E-state index in [-0.39, 0.29) is 0 Å². The Morgan fingerprint density at radius 1 is 1.00 bits per heavy atom. The van der Waals surface area contributed by atoms with Crippen molar-refractivity contribution in [2.45, 2.75) is 13.4 Å². The fourth-order valence-corrected chi connectivity index (χ4v) is 2.80. The zero-order valence-corrected chi connectivity index (χ0v) is 11.8. The van der Waals surface area contributed by atoms with Crippen LogP contribution < -0.4 is 0 Å². The minimum absolute atomic E-state index is 1.15. The predicted molar refractivity (Wildman–Crippen MR) is 56.7 cm³/mol. The summed E-state index contributed by atoms with van der Waals surface area (Å²) in [7, 11) is 0. The van der Waals surface area contributed by atoms with Crippen LogP contribution in [0.15, 0.2) is 30.3 Å². The molecule has 0 N–H and O–H groups in total. The third-order valence-electron chi connectivity index (χ3n) is 1.36. The van der Waals surface area contributed by atoms with Crippen molar-refractivity contribution in [3.8, 4) is 9.40 Å². The molecule has 0 heterocycles. The van der Waals surface area contributed by atoms with Crippen LogP contribution in [0.25, 0.3) is 0 Å². The van der Waals surface area contributed by atoms with Gasteiger partial charge in [-0.1, -0.05) is 0 Å². The van der Waals surface area contributed by atoms with Gasteiger partial charge in [0.05, 0.1) is 0 Å². The van der Waals surface area contributed by atoms with E-state index in [1.165, 1.54) is 0 Å². The molecule has 0 aliphatic heterocycles. The van der Waals surface area contributed by atoms with E-state index in [1.54, 1.807) is 0 Å². The SMILES string of the molecule is [CH3][Pb]([CH3])([CH3])[C]#Cc1ccccc1. The maximum atomic E-state index is 3.41. The molecule has 0 unspecified atom stereocenters. The van der Waals surface area contributed by atoms with E-state index in [0.29, 0.717) is 0 Å². The average molecular weight is 353 g/mol. The van der Waals surface area contributed by atoms with Gasteiger partial charge in [0.15, 0.2) is 0 Å². The van der Waals surface area contributed by atoms with Gasteiger partial charge < -0.3 is 0 Å². The summed E-state index contributed by atoms with van der Waals surface area (Å²) in [5, 5.41) is 0. The van der Waals surface area contributed by atoms with E-state index in [4.69, 9.17) is 0 Å². The van der Waals surface area contributed by atoms with E-state index in [9.17, 15) is 0 Å². The molecule has 1 heteroatoms. The molecule has 0 aromatic heterocycles. The van der Waals surface area contributed by atoms with Crippen LogP contribution in [0.1, 0.15) is 5.56 Å². The van der Waals surface area contributed by atoms with Crippen molar-refractivity contribution in [2.24, 2.45) is 0 Å². The van der Waals surface area contributed by atoms with E-state index in [2.05, 4.69) is 35.0 Å². The number of rotatable bonds is 0. The molecule has 12 heavy (non-hydrogen) atoms. The van der Waals surface area contributed by atoms with Gasteiger partial charge in [0.2, 0.25) is 0 Å². The summed E-state index contributed by atoms with van der Waals surface area (Å²) in [4.78, 5) is 0. The van der Waals surface area contributed by atoms with Crippen LogP contribution in [-0.4, -0.2) is 21.2 Å². The summed E-state index contributed by atoms with van der Waals surface area (Å²) in [6, 6.07) is 10.2. The van der Waals surface area contributed by atoms with Gasteiger partial charge in [0, 0.05) is 0 Å². The molecule has 0 spiro atoms. The van der Waals surface area contributed by atoms with Crippen molar-refractivity contribution >= 4 is 21.2 Å². The third kappa shape index (κ3) is 3.91. The Labute approximate surface area is 79.7 Å². The van der Waals surface area contributed by atoms with Crippen LogP contribution in [-0.2, 0) is 0 Å². The van der Waals surface area contributed by atoms with Crippen molar-refractivity contribution in [1.82, 2.24) is 0 Å². The summed E-state index contributed by atoms with van der Waals surface area (Å²) in [5.41, 5.74) is 1.15. The Balaban J connectivity index is 2.81. The van der Waals surface area contributed by atoms with Gasteiger partial charge >= 0.3 is 79.9 Å². The van der Waals surface area contributed by atoms with E-state index < -0.39 is 21.2 Å². The van der Waals surface area contributed by atoms with Crippen LogP contribution in [0.2, 0.25) is 13.4 Å². The Hall–Kier alpha value is -0.298. The molecular weight excluding hydrogens is 339 g/mol. The molecule has 0 atom stereocenters. The Kier molecular flexibility index (Phi) is 3.33. The molecule has 0 fully saturated rings. The standard InChI is InChI=1S/C8H5.3CH3.Pb/c1-2-8-6-4-3-5-7-8;;;;/h3-7H;3*1H3;. The quantitative estimate of drug-likeness (QED) is 0.497. The van der Waals surface area contributed by atoms with Gasteiger partial charge in [0.25, 0.3) is 0 Å². The first kappa shape index (κ1) is 9.79. The van der Waals surface area contributed by atoms with E-state index >= 15 is 0 Å². The van der Waals surface area contributed by atoms with Gasteiger partial charge in [-0.3, -0.25) is 0 Å². The van der Waals surface area contributed by atoms with Crippen molar-refractivity contribution in [3.63, 3.8) is 0 Å². The van der Waals surface area contributed by atoms with Crippen molar-refractivity contribution < 1.29 is 0 Å². The van der Waals surface area contributed by atoms with Gasteiger partial charge in [-0.05, 0) is 0 Å². The molecule has 0 bridgehead atoms. The zero-order chi connectivity index (χ0) is 9.03. The fourth-order valence-electron chi connectivity index (χ4n) is 0.781. The van der Waals surface area contributed by atoms with E-state index in [0.717, 1.165) is 5.56 Å². The summed E-state index contributed by atoms with van der Waals surface area (Å²) in [6.45, 7) is 0. The second-order valence-electron chi connectivity index (χ2n) is 3.87. The number of hydrogen-bond donors (Lipinski definition) is 0. The molecule has 0 radical (unpaired) electrons. The first-order valence-electron chi connectivity index (χ1n) is 4.16. The molecule has 0 amide bonds. The molecule has 0 aliphatic rings. The Morgan fingerprint density at radius 3 is 2.08 bits per heavy atom. The van der Waals surface area contributed by atoms with Crippen molar-refractivity contribution in [1.29, 1.82) is 0 Å². The third-order valence-corrected chi connectivity index (χ3v) is 4.76. The van der Waals surface area contributed by atoms with Crippen molar-refractivity contribution in [3.05, 3.63) is 35.9 Å². The molecule has 0 saturated carbocycles. The second-order valence-corrected chi connectivity index (χ2v) is 22.3. The fraction of sp³-hybridized carbons (Fsp3) is 0.273. The first-order valence-corrected chi connectivity index (χ1v) is 17.8. The van der Waals surface area contributed by atoms with Crippen LogP contribution >= 0.6 is 0 Å². The molecule has 1 aromatic rings. The summed E-state index contributed by atoms with van der Waals surface area (Å²) < 4.78 is 10.4. The van der Waals surface area contributed by atoms with Gasteiger partial charge in [-0.15, -0.1) is 0 Å². The molecule has 1 aromatic carbocycles. The van der Waals surface area contributed by atoms with E-state index in [1.807, 2.05) is 18.2 Å². The predicted octanol–water partition coefficient (Wildman–Crippen LogP) is 2.92. The van der Waals surface area contributed by atoms with Gasteiger partial charge in [-0.2, -0.15) is 0 Å². The zero-order valence-electron chi connectivity index (χ0n) is 7.89. The molecular formula is C11H14Pb. The van der Waals surface area contributed by atoms with Gasteiger partial charge in [0.1, 0.15) is 0 Å². The topological polar surface area (TPSA) is 0 Å². The maximum absolute atomic E-state index is 3.41. The van der Waals surface area contributed by atoms with Crippen molar-refractivity contribution in [2.75, 3.05) is 0 Å². The van der Waals surface area contributed by atoms with Crippen LogP contribution in [0.5, 0.6) is 0 Å². The van der Waals surface area contributed by atoms with Gasteiger partial charge in [-0.25, -0.2) is 0 Å². The van der Waals surface area contributed by atoms with Crippen LogP contribution in [0.3, 0.4) is 0 Å². The second kappa shape index (κ2) is 4.09. The normalized spacial score (nSPS) is 10.2. The molecule has 0 saturated heterocycles.